The third-order valence-corrected chi connectivity index (χ3v) is 5.67. The second-order valence-corrected chi connectivity index (χ2v) is 7.64. The number of thioether (sulfide) groups is 1. The van der Waals surface area contributed by atoms with Crippen molar-refractivity contribution in [1.82, 2.24) is 25.2 Å². The maximum absolute atomic E-state index is 12.5. The molecule has 1 atom stereocenters. The summed E-state index contributed by atoms with van der Waals surface area (Å²) < 4.78 is 1.61. The van der Waals surface area contributed by atoms with E-state index in [4.69, 9.17) is 0 Å². The lowest BCUT2D eigenvalue weighted by molar-refractivity contribution is -0.116. The number of nitrogens with zero attached hydrogens (tertiary/aromatic N) is 6. The summed E-state index contributed by atoms with van der Waals surface area (Å²) in [5.41, 5.74) is 3.87. The van der Waals surface area contributed by atoms with E-state index in [1.54, 1.807) is 4.68 Å². The molecule has 0 saturated heterocycles. The highest BCUT2D eigenvalue weighted by Crippen LogP contribution is 2.25. The van der Waals surface area contributed by atoms with E-state index < -0.39 is 5.92 Å². The van der Waals surface area contributed by atoms with Gasteiger partial charge in [-0.25, -0.2) is 4.98 Å². The fraction of sp³-hybridized carbons (Fsp3) is 0.294. The smallest absolute Gasteiger partial charge is 0.214 e. The standard InChI is InChI=1S/C17H16N6OS2/c1-10-4-5-14(11(2)6-10)23-17(20-21-22-23)26-9-15(24)13(7-18)16-19-12(3)8-25-16/h4-6,8,13H,9H2,1-3H3. The van der Waals surface area contributed by atoms with Gasteiger partial charge < -0.3 is 0 Å². The molecule has 0 amide bonds. The Morgan fingerprint density at radius 3 is 2.85 bits per heavy atom. The molecule has 3 aromatic rings. The molecular formula is C17H16N6OS2. The highest BCUT2D eigenvalue weighted by atomic mass is 32.2. The number of benzene rings is 1. The van der Waals surface area contributed by atoms with Crippen LogP contribution in [0.2, 0.25) is 0 Å². The van der Waals surface area contributed by atoms with Crippen LogP contribution in [-0.2, 0) is 4.79 Å². The predicted octanol–water partition coefficient (Wildman–Crippen LogP) is 3.01. The second kappa shape index (κ2) is 7.76. The SMILES string of the molecule is Cc1ccc(-n2nnnc2SCC(=O)C(C#N)c2nc(C)cs2)c(C)c1. The summed E-state index contributed by atoms with van der Waals surface area (Å²) in [4.78, 5) is 16.7. The summed E-state index contributed by atoms with van der Waals surface area (Å²) in [6.07, 6.45) is 0. The Balaban J connectivity index is 1.76. The summed E-state index contributed by atoms with van der Waals surface area (Å²) >= 11 is 2.55. The predicted molar refractivity (Wildman–Crippen MR) is 99.6 cm³/mol. The van der Waals surface area contributed by atoms with Crippen LogP contribution in [0.4, 0.5) is 0 Å². The molecule has 0 aliphatic carbocycles. The minimum absolute atomic E-state index is 0.0993. The van der Waals surface area contributed by atoms with Gasteiger partial charge in [-0.3, -0.25) is 4.79 Å². The first-order valence-corrected chi connectivity index (χ1v) is 9.69. The maximum atomic E-state index is 12.5. The van der Waals surface area contributed by atoms with Crippen LogP contribution in [0.5, 0.6) is 0 Å². The molecule has 0 radical (unpaired) electrons. The molecule has 0 aliphatic heterocycles. The Hall–Kier alpha value is -2.57. The molecule has 2 heterocycles. The number of nitriles is 1. The third kappa shape index (κ3) is 3.81. The van der Waals surface area contributed by atoms with Crippen LogP contribution < -0.4 is 0 Å². The quantitative estimate of drug-likeness (QED) is 0.603. The average Bonchev–Trinajstić information content (AvgIpc) is 3.23. The number of ketones is 1. The number of hydrogen-bond donors (Lipinski definition) is 0. The van der Waals surface area contributed by atoms with E-state index in [0.29, 0.717) is 10.2 Å². The van der Waals surface area contributed by atoms with Crippen molar-refractivity contribution in [3.05, 3.63) is 45.4 Å². The molecular weight excluding hydrogens is 368 g/mol. The van der Waals surface area contributed by atoms with Gasteiger partial charge in [0.2, 0.25) is 5.16 Å². The van der Waals surface area contributed by atoms with Gasteiger partial charge in [-0.05, 0) is 42.8 Å². The van der Waals surface area contributed by atoms with Gasteiger partial charge in [0, 0.05) is 11.1 Å². The first-order valence-electron chi connectivity index (χ1n) is 7.82. The summed E-state index contributed by atoms with van der Waals surface area (Å²) in [6.45, 7) is 5.85. The maximum Gasteiger partial charge on any atom is 0.214 e. The first-order chi connectivity index (χ1) is 12.5. The minimum Gasteiger partial charge on any atom is -0.297 e. The Morgan fingerprint density at radius 1 is 1.38 bits per heavy atom. The Kier molecular flexibility index (Phi) is 5.44. The van der Waals surface area contributed by atoms with E-state index in [1.807, 2.05) is 50.4 Å². The molecule has 1 aromatic carbocycles. The van der Waals surface area contributed by atoms with E-state index in [-0.39, 0.29) is 11.5 Å². The highest BCUT2D eigenvalue weighted by molar-refractivity contribution is 7.99. The van der Waals surface area contributed by atoms with Crippen LogP contribution in [-0.4, -0.2) is 36.7 Å². The Bertz CT molecular complexity index is 987. The number of rotatable bonds is 6. The number of Topliss-reactive ketones (excluding diaryl/α,β-unsaturated/α-hetero) is 1. The summed E-state index contributed by atoms with van der Waals surface area (Å²) in [5.74, 6) is -0.962. The molecule has 0 fully saturated rings. The highest BCUT2D eigenvalue weighted by Gasteiger charge is 2.24. The molecule has 3 rings (SSSR count). The Labute approximate surface area is 159 Å². The van der Waals surface area contributed by atoms with E-state index >= 15 is 0 Å². The lowest BCUT2D eigenvalue weighted by Gasteiger charge is -2.08. The molecule has 9 heteroatoms. The topological polar surface area (TPSA) is 97.4 Å². The molecule has 132 valence electrons. The third-order valence-electron chi connectivity index (χ3n) is 3.70. The van der Waals surface area contributed by atoms with Crippen molar-refractivity contribution in [3.63, 3.8) is 0 Å². The van der Waals surface area contributed by atoms with E-state index in [9.17, 15) is 10.1 Å². The fourth-order valence-electron chi connectivity index (χ4n) is 2.45. The summed E-state index contributed by atoms with van der Waals surface area (Å²) in [7, 11) is 0. The number of tetrazole rings is 1. The summed E-state index contributed by atoms with van der Waals surface area (Å²) in [6, 6.07) is 8.03. The van der Waals surface area contributed by atoms with Crippen molar-refractivity contribution in [1.29, 1.82) is 5.26 Å². The number of aryl methyl sites for hydroxylation is 3. The van der Waals surface area contributed by atoms with Crippen molar-refractivity contribution in [2.24, 2.45) is 0 Å². The van der Waals surface area contributed by atoms with Crippen LogP contribution in [0.15, 0.2) is 28.7 Å². The van der Waals surface area contributed by atoms with Crippen LogP contribution in [0, 0.1) is 32.1 Å². The van der Waals surface area contributed by atoms with Crippen LogP contribution in [0.1, 0.15) is 27.7 Å². The van der Waals surface area contributed by atoms with Crippen molar-refractivity contribution < 1.29 is 4.79 Å². The van der Waals surface area contributed by atoms with Crippen LogP contribution >= 0.6 is 23.1 Å². The van der Waals surface area contributed by atoms with Crippen LogP contribution in [0.3, 0.4) is 0 Å². The fourth-order valence-corrected chi connectivity index (χ4v) is 4.10. The number of carbonyl (C=O) groups excluding carboxylic acids is 1. The molecule has 1 unspecified atom stereocenters. The van der Waals surface area contributed by atoms with Crippen LogP contribution in [0.25, 0.3) is 5.69 Å². The molecule has 0 spiro atoms. The lowest BCUT2D eigenvalue weighted by atomic mass is 10.1. The zero-order chi connectivity index (χ0) is 18.7. The molecule has 0 aliphatic rings. The number of hydrogen-bond acceptors (Lipinski definition) is 8. The van der Waals surface area contributed by atoms with Crippen molar-refractivity contribution in [2.75, 3.05) is 5.75 Å². The van der Waals surface area contributed by atoms with Crippen molar-refractivity contribution in [3.8, 4) is 11.8 Å². The minimum atomic E-state index is -0.855. The molecule has 7 nitrogen and oxygen atoms in total. The van der Waals surface area contributed by atoms with Crippen molar-refractivity contribution >= 4 is 28.9 Å². The number of aromatic nitrogens is 5. The Morgan fingerprint density at radius 2 is 2.19 bits per heavy atom. The normalized spacial score (nSPS) is 11.9. The van der Waals surface area contributed by atoms with Gasteiger partial charge >= 0.3 is 0 Å². The average molecular weight is 384 g/mol. The van der Waals surface area contributed by atoms with Crippen molar-refractivity contribution in [2.45, 2.75) is 31.8 Å². The monoisotopic (exact) mass is 384 g/mol. The van der Waals surface area contributed by atoms with Gasteiger partial charge in [-0.1, -0.05) is 29.5 Å². The molecule has 2 aromatic heterocycles. The molecule has 0 saturated carbocycles. The van der Waals surface area contributed by atoms with E-state index in [1.165, 1.54) is 23.1 Å². The molecule has 26 heavy (non-hydrogen) atoms. The molecule has 0 N–H and O–H groups in total. The number of thiazole rings is 1. The van der Waals surface area contributed by atoms with E-state index in [0.717, 1.165) is 22.5 Å². The van der Waals surface area contributed by atoms with Gasteiger partial charge in [-0.2, -0.15) is 9.94 Å². The lowest BCUT2D eigenvalue weighted by Crippen LogP contribution is -2.14. The van der Waals surface area contributed by atoms with Gasteiger partial charge in [0.1, 0.15) is 5.01 Å². The molecule has 0 bridgehead atoms. The van der Waals surface area contributed by atoms with Gasteiger partial charge in [0.15, 0.2) is 11.7 Å². The van der Waals surface area contributed by atoms with Gasteiger partial charge in [0.25, 0.3) is 0 Å². The van der Waals surface area contributed by atoms with Gasteiger partial charge in [-0.15, -0.1) is 16.4 Å². The zero-order valence-electron chi connectivity index (χ0n) is 14.5. The first kappa shape index (κ1) is 18.2. The summed E-state index contributed by atoms with van der Waals surface area (Å²) in [5, 5.41) is 24.0. The second-order valence-electron chi connectivity index (χ2n) is 5.81. The van der Waals surface area contributed by atoms with E-state index in [2.05, 4.69) is 20.5 Å². The largest absolute Gasteiger partial charge is 0.297 e. The zero-order valence-corrected chi connectivity index (χ0v) is 16.1. The van der Waals surface area contributed by atoms with Gasteiger partial charge in [0.05, 0.1) is 17.5 Å². The number of carbonyl (C=O) groups is 1.